The Bertz CT molecular complexity index is 833. The highest BCUT2D eigenvalue weighted by Gasteiger charge is 2.26. The molecule has 1 atom stereocenters. The zero-order valence-electron chi connectivity index (χ0n) is 13.4. The second-order valence-corrected chi connectivity index (χ2v) is 6.90. The molecule has 0 radical (unpaired) electrons. The van der Waals surface area contributed by atoms with E-state index in [0.717, 1.165) is 35.1 Å². The molecule has 122 valence electrons. The van der Waals surface area contributed by atoms with Crippen LogP contribution in [-0.2, 0) is 4.79 Å². The maximum absolute atomic E-state index is 12.9. The van der Waals surface area contributed by atoms with Gasteiger partial charge in [0, 0.05) is 21.2 Å². The molecule has 1 aliphatic carbocycles. The van der Waals surface area contributed by atoms with Crippen LogP contribution in [0.4, 0.5) is 0 Å². The second kappa shape index (κ2) is 7.38. The highest BCUT2D eigenvalue weighted by Crippen LogP contribution is 2.34. The Labute approximate surface area is 152 Å². The summed E-state index contributed by atoms with van der Waals surface area (Å²) >= 11 is 12.5. The fourth-order valence-corrected chi connectivity index (χ4v) is 3.32. The van der Waals surface area contributed by atoms with Crippen molar-refractivity contribution in [1.82, 2.24) is 0 Å². The lowest BCUT2D eigenvalue weighted by Gasteiger charge is -2.23. The van der Waals surface area contributed by atoms with Crippen LogP contribution in [0.5, 0.6) is 0 Å². The molecule has 1 saturated carbocycles. The van der Waals surface area contributed by atoms with Crippen molar-refractivity contribution >= 4 is 41.1 Å². The summed E-state index contributed by atoms with van der Waals surface area (Å²) in [5, 5.41) is 1.32. The minimum Gasteiger partial charge on any atom is -0.289 e. The first kappa shape index (κ1) is 17.0. The van der Waals surface area contributed by atoms with Gasteiger partial charge in [-0.3, -0.25) is 4.79 Å². The number of hydrogen-bond donors (Lipinski definition) is 0. The number of halogens is 2. The van der Waals surface area contributed by atoms with Gasteiger partial charge >= 0.3 is 0 Å². The Morgan fingerprint density at radius 3 is 2.04 bits per heavy atom. The van der Waals surface area contributed by atoms with E-state index < -0.39 is 0 Å². The van der Waals surface area contributed by atoms with E-state index in [1.165, 1.54) is 0 Å². The second-order valence-electron chi connectivity index (χ2n) is 6.08. The molecular weight excluding hydrogens is 339 g/mol. The zero-order valence-corrected chi connectivity index (χ0v) is 14.9. The van der Waals surface area contributed by atoms with Crippen LogP contribution in [0.25, 0.3) is 12.2 Å². The van der Waals surface area contributed by atoms with Gasteiger partial charge in [0.25, 0.3) is 0 Å². The minimum absolute atomic E-state index is 0.0913. The summed E-state index contributed by atoms with van der Waals surface area (Å²) in [5.41, 5.74) is 3.38. The molecule has 0 aliphatic heterocycles. The third-order valence-corrected chi connectivity index (χ3v) is 5.07. The maximum atomic E-state index is 12.9. The van der Waals surface area contributed by atoms with Gasteiger partial charge in [0.05, 0.1) is 0 Å². The molecule has 0 amide bonds. The van der Waals surface area contributed by atoms with Gasteiger partial charge < -0.3 is 0 Å². The van der Waals surface area contributed by atoms with Gasteiger partial charge in [-0.05, 0) is 54.2 Å². The third kappa shape index (κ3) is 3.63. The van der Waals surface area contributed by atoms with Crippen molar-refractivity contribution < 1.29 is 4.79 Å². The van der Waals surface area contributed by atoms with Crippen molar-refractivity contribution in [2.75, 3.05) is 0 Å². The first-order valence-electron chi connectivity index (χ1n) is 8.02. The molecule has 0 bridgehead atoms. The lowest BCUT2D eigenvalue weighted by atomic mass is 9.80. The summed E-state index contributed by atoms with van der Waals surface area (Å²) in [4.78, 5) is 12.9. The highest BCUT2D eigenvalue weighted by molar-refractivity contribution is 6.33. The van der Waals surface area contributed by atoms with Gasteiger partial charge in [-0.1, -0.05) is 66.5 Å². The Balaban J connectivity index is 1.98. The number of ketones is 1. The number of carbonyl (C=O) groups excluding carboxylic acids is 1. The van der Waals surface area contributed by atoms with E-state index in [9.17, 15) is 4.79 Å². The van der Waals surface area contributed by atoms with Crippen LogP contribution in [0.2, 0.25) is 10.0 Å². The number of benzene rings is 2. The molecule has 2 aromatic carbocycles. The van der Waals surface area contributed by atoms with Gasteiger partial charge in [-0.15, -0.1) is 0 Å². The van der Waals surface area contributed by atoms with E-state index in [0.29, 0.717) is 10.0 Å². The van der Waals surface area contributed by atoms with Crippen molar-refractivity contribution in [3.63, 3.8) is 0 Å². The molecule has 0 heterocycles. The van der Waals surface area contributed by atoms with Crippen molar-refractivity contribution in [2.45, 2.75) is 19.8 Å². The fourth-order valence-electron chi connectivity index (χ4n) is 2.94. The summed E-state index contributed by atoms with van der Waals surface area (Å²) < 4.78 is 0. The van der Waals surface area contributed by atoms with Crippen molar-refractivity contribution in [3.05, 3.63) is 80.8 Å². The zero-order chi connectivity index (χ0) is 17.1. The molecule has 0 saturated heterocycles. The van der Waals surface area contributed by atoms with Crippen LogP contribution >= 0.6 is 23.2 Å². The lowest BCUT2D eigenvalue weighted by Crippen LogP contribution is -2.19. The summed E-state index contributed by atoms with van der Waals surface area (Å²) in [6, 6.07) is 15.2. The van der Waals surface area contributed by atoms with Gasteiger partial charge in [0.1, 0.15) is 0 Å². The maximum Gasteiger partial charge on any atom is 0.185 e. The van der Waals surface area contributed by atoms with E-state index >= 15 is 0 Å². The van der Waals surface area contributed by atoms with Crippen molar-refractivity contribution in [2.24, 2.45) is 5.92 Å². The molecule has 24 heavy (non-hydrogen) atoms. The van der Waals surface area contributed by atoms with E-state index in [2.05, 4.69) is 6.92 Å². The van der Waals surface area contributed by atoms with E-state index in [-0.39, 0.29) is 11.7 Å². The molecule has 1 aliphatic rings. The largest absolute Gasteiger partial charge is 0.289 e. The van der Waals surface area contributed by atoms with Gasteiger partial charge in [-0.2, -0.15) is 0 Å². The van der Waals surface area contributed by atoms with Crippen LogP contribution in [0.15, 0.2) is 59.7 Å². The van der Waals surface area contributed by atoms with Crippen molar-refractivity contribution in [3.8, 4) is 0 Å². The predicted octanol–water partition coefficient (Wildman–Crippen LogP) is 6.46. The standard InChI is InChI=1S/C21H18Cl2O/c1-14-10-11-17(12-15-6-2-4-8-19(15)22)21(24)18(14)13-16-7-3-5-9-20(16)23/h2-9,12-14H,10-11H2,1H3/b17-12+,18-13+. The molecule has 1 fully saturated rings. The lowest BCUT2D eigenvalue weighted by molar-refractivity contribution is -0.113. The van der Waals surface area contributed by atoms with Crippen LogP contribution in [0.3, 0.4) is 0 Å². The Morgan fingerprint density at radius 2 is 1.46 bits per heavy atom. The smallest absolute Gasteiger partial charge is 0.185 e. The first-order chi connectivity index (χ1) is 11.6. The summed E-state index contributed by atoms with van der Waals surface area (Å²) in [5.74, 6) is 0.311. The third-order valence-electron chi connectivity index (χ3n) is 4.38. The quantitative estimate of drug-likeness (QED) is 0.564. The van der Waals surface area contributed by atoms with E-state index in [1.807, 2.05) is 60.7 Å². The normalized spacial score (nSPS) is 21.5. The molecule has 0 N–H and O–H groups in total. The van der Waals surface area contributed by atoms with Crippen molar-refractivity contribution in [1.29, 1.82) is 0 Å². The SMILES string of the molecule is CC1CC/C(=C\c2ccccc2Cl)C(=O)/C1=C/c1ccccc1Cl. The van der Waals surface area contributed by atoms with Gasteiger partial charge in [-0.25, -0.2) is 0 Å². The molecular formula is C21H18Cl2O. The summed E-state index contributed by atoms with van der Waals surface area (Å²) in [7, 11) is 0. The number of Topliss-reactive ketones (excluding diaryl/α,β-unsaturated/α-hetero) is 1. The average molecular weight is 357 g/mol. The molecule has 1 nitrogen and oxygen atoms in total. The predicted molar refractivity (Wildman–Crippen MR) is 102 cm³/mol. The van der Waals surface area contributed by atoms with Crippen LogP contribution in [0, 0.1) is 5.92 Å². The number of allylic oxidation sites excluding steroid dienone is 2. The number of hydrogen-bond acceptors (Lipinski definition) is 1. The Morgan fingerprint density at radius 1 is 0.917 bits per heavy atom. The average Bonchev–Trinajstić information content (AvgIpc) is 2.57. The molecule has 0 spiro atoms. The topological polar surface area (TPSA) is 17.1 Å². The van der Waals surface area contributed by atoms with Crippen LogP contribution in [0.1, 0.15) is 30.9 Å². The van der Waals surface area contributed by atoms with Gasteiger partial charge in [0.15, 0.2) is 5.78 Å². The van der Waals surface area contributed by atoms with Crippen LogP contribution in [-0.4, -0.2) is 5.78 Å². The van der Waals surface area contributed by atoms with E-state index in [4.69, 9.17) is 23.2 Å². The fraction of sp³-hybridized carbons (Fsp3) is 0.190. The summed E-state index contributed by atoms with van der Waals surface area (Å²) in [6.45, 7) is 2.09. The Hall–Kier alpha value is -1.83. The summed E-state index contributed by atoms with van der Waals surface area (Å²) in [6.07, 6.45) is 5.55. The minimum atomic E-state index is 0.0913. The monoisotopic (exact) mass is 356 g/mol. The molecule has 3 rings (SSSR count). The molecule has 0 aromatic heterocycles. The Kier molecular flexibility index (Phi) is 5.23. The highest BCUT2D eigenvalue weighted by atomic mass is 35.5. The molecule has 2 aromatic rings. The van der Waals surface area contributed by atoms with E-state index in [1.54, 1.807) is 0 Å². The first-order valence-corrected chi connectivity index (χ1v) is 8.78. The number of carbonyl (C=O) groups is 1. The number of rotatable bonds is 2. The molecule has 1 unspecified atom stereocenters. The van der Waals surface area contributed by atoms with Crippen LogP contribution < -0.4 is 0 Å². The molecule has 3 heteroatoms. The van der Waals surface area contributed by atoms with Gasteiger partial charge in [0.2, 0.25) is 0 Å².